The molecule has 136 valence electrons. The molecule has 1 N–H and O–H groups in total. The van der Waals surface area contributed by atoms with Crippen LogP contribution in [0.25, 0.3) is 11.4 Å². The summed E-state index contributed by atoms with van der Waals surface area (Å²) in [5, 5.41) is 3.06. The van der Waals surface area contributed by atoms with Crippen LogP contribution in [0.5, 0.6) is 0 Å². The number of sulfone groups is 1. The predicted octanol–water partition coefficient (Wildman–Crippen LogP) is 3.54. The lowest BCUT2D eigenvalue weighted by molar-refractivity contribution is 0.598. The largest absolute Gasteiger partial charge is 0.334 e. The number of halogens is 2. The standard InChI is InChI=1S/C16H17N3O2S2.2ClH/c1-17-11-12-10-14(15-18-8-9-19(15)2)16(22-12)23(20,21)13-6-4-3-5-7-13;;/h3-10,17H,11H2,1-2H3;2*1H. The fourth-order valence-corrected chi connectivity index (χ4v) is 5.48. The van der Waals surface area contributed by atoms with Crippen LogP contribution in [-0.4, -0.2) is 25.0 Å². The number of hydrogen-bond donors (Lipinski definition) is 1. The first-order valence-electron chi connectivity index (χ1n) is 7.09. The average molecular weight is 420 g/mol. The van der Waals surface area contributed by atoms with E-state index in [2.05, 4.69) is 10.3 Å². The maximum atomic E-state index is 13.0. The number of rotatable bonds is 5. The zero-order chi connectivity index (χ0) is 16.4. The van der Waals surface area contributed by atoms with E-state index in [9.17, 15) is 8.42 Å². The Hall–Kier alpha value is -1.38. The Balaban J connectivity index is 0.00000156. The highest BCUT2D eigenvalue weighted by molar-refractivity contribution is 7.93. The number of hydrogen-bond acceptors (Lipinski definition) is 5. The predicted molar refractivity (Wildman–Crippen MR) is 106 cm³/mol. The lowest BCUT2D eigenvalue weighted by Crippen LogP contribution is -2.02. The minimum Gasteiger partial charge on any atom is -0.334 e. The molecular formula is C16H19Cl2N3O2S2. The van der Waals surface area contributed by atoms with E-state index in [-0.39, 0.29) is 24.8 Å². The van der Waals surface area contributed by atoms with Crippen molar-refractivity contribution in [2.75, 3.05) is 7.05 Å². The fourth-order valence-electron chi connectivity index (χ4n) is 2.37. The van der Waals surface area contributed by atoms with Gasteiger partial charge in [0.15, 0.2) is 0 Å². The van der Waals surface area contributed by atoms with E-state index in [1.807, 2.05) is 30.9 Å². The van der Waals surface area contributed by atoms with Crippen LogP contribution in [-0.2, 0) is 23.4 Å². The van der Waals surface area contributed by atoms with Crippen LogP contribution in [0.1, 0.15) is 4.88 Å². The van der Waals surface area contributed by atoms with Crippen molar-refractivity contribution >= 4 is 46.0 Å². The van der Waals surface area contributed by atoms with Crippen LogP contribution in [0.2, 0.25) is 0 Å². The molecule has 0 spiro atoms. The highest BCUT2D eigenvalue weighted by Gasteiger charge is 2.26. The molecule has 2 heterocycles. The Morgan fingerprint density at radius 1 is 1.20 bits per heavy atom. The first-order valence-corrected chi connectivity index (χ1v) is 9.39. The van der Waals surface area contributed by atoms with Gasteiger partial charge in [-0.25, -0.2) is 13.4 Å². The molecule has 0 fully saturated rings. The number of thiophene rings is 1. The van der Waals surface area contributed by atoms with Crippen molar-refractivity contribution in [1.29, 1.82) is 0 Å². The third-order valence-electron chi connectivity index (χ3n) is 3.46. The second-order valence-corrected chi connectivity index (χ2v) is 8.40. The molecule has 25 heavy (non-hydrogen) atoms. The molecule has 0 aliphatic rings. The quantitative estimate of drug-likeness (QED) is 0.686. The van der Waals surface area contributed by atoms with E-state index in [0.717, 1.165) is 4.88 Å². The van der Waals surface area contributed by atoms with Gasteiger partial charge in [-0.1, -0.05) is 18.2 Å². The van der Waals surface area contributed by atoms with Gasteiger partial charge in [-0.05, 0) is 25.2 Å². The van der Waals surface area contributed by atoms with E-state index < -0.39 is 9.84 Å². The molecule has 3 aromatic rings. The molecule has 5 nitrogen and oxygen atoms in total. The molecule has 0 saturated heterocycles. The van der Waals surface area contributed by atoms with Gasteiger partial charge < -0.3 is 9.88 Å². The minimum atomic E-state index is -3.57. The molecule has 0 saturated carbocycles. The topological polar surface area (TPSA) is 64.0 Å². The Labute approximate surface area is 163 Å². The molecule has 0 unspecified atom stereocenters. The number of nitrogens with one attached hydrogen (secondary N) is 1. The molecule has 0 aliphatic heterocycles. The summed E-state index contributed by atoms with van der Waals surface area (Å²) < 4.78 is 28.2. The van der Waals surface area contributed by atoms with Crippen LogP contribution in [0.4, 0.5) is 0 Å². The molecule has 0 aliphatic carbocycles. The van der Waals surface area contributed by atoms with Crippen molar-refractivity contribution in [3.05, 3.63) is 53.7 Å². The summed E-state index contributed by atoms with van der Waals surface area (Å²) in [5.41, 5.74) is 0.650. The molecule has 2 aromatic heterocycles. The Morgan fingerprint density at radius 2 is 1.88 bits per heavy atom. The van der Waals surface area contributed by atoms with Gasteiger partial charge in [-0.3, -0.25) is 0 Å². The summed E-state index contributed by atoms with van der Waals surface area (Å²) in [7, 11) is 0.124. The summed E-state index contributed by atoms with van der Waals surface area (Å²) in [4.78, 5) is 5.57. The van der Waals surface area contributed by atoms with Crippen molar-refractivity contribution in [2.24, 2.45) is 7.05 Å². The van der Waals surface area contributed by atoms with Crippen molar-refractivity contribution < 1.29 is 8.42 Å². The van der Waals surface area contributed by atoms with Gasteiger partial charge in [-0.2, -0.15) is 0 Å². The number of benzene rings is 1. The van der Waals surface area contributed by atoms with Gasteiger partial charge in [0.1, 0.15) is 10.0 Å². The minimum absolute atomic E-state index is 0. The van der Waals surface area contributed by atoms with E-state index in [4.69, 9.17) is 0 Å². The van der Waals surface area contributed by atoms with Gasteiger partial charge in [0.05, 0.1) is 4.90 Å². The third kappa shape index (κ3) is 4.24. The summed E-state index contributed by atoms with van der Waals surface area (Å²) in [6, 6.07) is 10.4. The molecule has 0 radical (unpaired) electrons. The van der Waals surface area contributed by atoms with Gasteiger partial charge >= 0.3 is 0 Å². The smallest absolute Gasteiger partial charge is 0.216 e. The second-order valence-electron chi connectivity index (χ2n) is 5.12. The van der Waals surface area contributed by atoms with Gasteiger partial charge in [0, 0.05) is 36.4 Å². The zero-order valence-corrected chi connectivity index (χ0v) is 16.9. The summed E-state index contributed by atoms with van der Waals surface area (Å²) in [5.74, 6) is 0.651. The summed E-state index contributed by atoms with van der Waals surface area (Å²) >= 11 is 1.29. The summed E-state index contributed by atoms with van der Waals surface area (Å²) in [6.45, 7) is 0.617. The van der Waals surface area contributed by atoms with Crippen LogP contribution < -0.4 is 5.32 Å². The SMILES string of the molecule is CNCc1cc(-c2nccn2C)c(S(=O)(=O)c2ccccc2)s1.Cl.Cl. The molecule has 0 bridgehead atoms. The van der Waals surface area contributed by atoms with Gasteiger partial charge in [0.25, 0.3) is 0 Å². The first kappa shape index (κ1) is 21.7. The Kier molecular flexibility index (Phi) is 7.64. The molecule has 0 amide bonds. The fraction of sp³-hybridized carbons (Fsp3) is 0.188. The van der Waals surface area contributed by atoms with Gasteiger partial charge in [-0.15, -0.1) is 36.2 Å². The van der Waals surface area contributed by atoms with Crippen molar-refractivity contribution in [2.45, 2.75) is 15.6 Å². The van der Waals surface area contributed by atoms with Crippen molar-refractivity contribution in [1.82, 2.24) is 14.9 Å². The number of aromatic nitrogens is 2. The lowest BCUT2D eigenvalue weighted by Gasteiger charge is -2.06. The van der Waals surface area contributed by atoms with Crippen LogP contribution in [0.15, 0.2) is 57.9 Å². The Bertz CT molecular complexity index is 922. The van der Waals surface area contributed by atoms with Crippen molar-refractivity contribution in [3.8, 4) is 11.4 Å². The van der Waals surface area contributed by atoms with Gasteiger partial charge in [0.2, 0.25) is 9.84 Å². The molecular weight excluding hydrogens is 401 g/mol. The van der Waals surface area contributed by atoms with E-state index in [0.29, 0.717) is 27.0 Å². The maximum absolute atomic E-state index is 13.0. The first-order chi connectivity index (χ1) is 11.0. The molecule has 1 aromatic carbocycles. The highest BCUT2D eigenvalue weighted by Crippen LogP contribution is 2.37. The van der Waals surface area contributed by atoms with E-state index >= 15 is 0 Å². The highest BCUT2D eigenvalue weighted by atomic mass is 35.5. The summed E-state index contributed by atoms with van der Waals surface area (Å²) in [6.07, 6.45) is 3.48. The van der Waals surface area contributed by atoms with E-state index in [1.165, 1.54) is 11.3 Å². The third-order valence-corrected chi connectivity index (χ3v) is 6.90. The van der Waals surface area contributed by atoms with Crippen molar-refractivity contribution in [3.63, 3.8) is 0 Å². The number of aryl methyl sites for hydroxylation is 1. The monoisotopic (exact) mass is 419 g/mol. The van der Waals surface area contributed by atoms with Crippen LogP contribution >= 0.6 is 36.2 Å². The lowest BCUT2D eigenvalue weighted by atomic mass is 10.3. The average Bonchev–Trinajstić information content (AvgIpc) is 3.15. The number of nitrogens with zero attached hydrogens (tertiary/aromatic N) is 2. The molecule has 9 heteroatoms. The zero-order valence-electron chi connectivity index (χ0n) is 13.7. The maximum Gasteiger partial charge on any atom is 0.216 e. The Morgan fingerprint density at radius 3 is 2.44 bits per heavy atom. The van der Waals surface area contributed by atoms with E-state index in [1.54, 1.807) is 36.5 Å². The van der Waals surface area contributed by atoms with Crippen LogP contribution in [0.3, 0.4) is 0 Å². The normalized spacial score (nSPS) is 10.8. The molecule has 3 rings (SSSR count). The number of imidazole rings is 1. The molecule has 0 atom stereocenters. The van der Waals surface area contributed by atoms with Crippen LogP contribution in [0, 0.1) is 0 Å². The second kappa shape index (κ2) is 8.82.